The zero-order valence-electron chi connectivity index (χ0n) is 20.6. The molecule has 8 nitrogen and oxygen atoms in total. The van der Waals surface area contributed by atoms with Gasteiger partial charge in [0.05, 0.1) is 24.5 Å². The molecule has 2 heterocycles. The van der Waals surface area contributed by atoms with E-state index in [2.05, 4.69) is 15.5 Å². The van der Waals surface area contributed by atoms with Gasteiger partial charge in [0, 0.05) is 29.4 Å². The van der Waals surface area contributed by atoms with Crippen molar-refractivity contribution in [2.24, 2.45) is 7.05 Å². The maximum absolute atomic E-state index is 12.7. The maximum Gasteiger partial charge on any atom is 0.341 e. The molecule has 0 saturated heterocycles. The lowest BCUT2D eigenvalue weighted by atomic mass is 10.0. The highest BCUT2D eigenvalue weighted by Crippen LogP contribution is 2.36. The third-order valence-corrected chi connectivity index (χ3v) is 7.92. The first-order valence-electron chi connectivity index (χ1n) is 11.5. The first kappa shape index (κ1) is 28.0. The first-order chi connectivity index (χ1) is 18.4. The molecule has 0 spiro atoms. The van der Waals surface area contributed by atoms with E-state index >= 15 is 0 Å². The van der Waals surface area contributed by atoms with Crippen molar-refractivity contribution >= 4 is 63.2 Å². The Morgan fingerprint density at radius 1 is 1.13 bits per heavy atom. The number of hydrogen-bond acceptors (Lipinski definition) is 8. The predicted octanol–water partition coefficient (Wildman–Crippen LogP) is 6.38. The smallest absolute Gasteiger partial charge is 0.341 e. The molecule has 0 aliphatic heterocycles. The number of thioether (sulfide) groups is 1. The molecule has 0 atom stereocenters. The molecule has 0 aliphatic rings. The lowest BCUT2D eigenvalue weighted by molar-refractivity contribution is -0.113. The Hall–Kier alpha value is -3.05. The van der Waals surface area contributed by atoms with Crippen LogP contribution < -0.4 is 10.1 Å². The lowest BCUT2D eigenvalue weighted by Crippen LogP contribution is -2.16. The van der Waals surface area contributed by atoms with Crippen molar-refractivity contribution in [3.05, 3.63) is 75.3 Å². The number of benzene rings is 2. The van der Waals surface area contributed by atoms with Gasteiger partial charge >= 0.3 is 5.97 Å². The number of hydrogen-bond donors (Lipinski definition) is 1. The van der Waals surface area contributed by atoms with E-state index in [4.69, 9.17) is 32.7 Å². The molecule has 1 N–H and O–H groups in total. The van der Waals surface area contributed by atoms with E-state index in [0.717, 1.165) is 11.4 Å². The second kappa shape index (κ2) is 13.1. The highest BCUT2D eigenvalue weighted by Gasteiger charge is 2.22. The molecule has 198 valence electrons. The summed E-state index contributed by atoms with van der Waals surface area (Å²) < 4.78 is 12.5. The van der Waals surface area contributed by atoms with Gasteiger partial charge < -0.3 is 19.4 Å². The summed E-state index contributed by atoms with van der Waals surface area (Å²) in [5.74, 6) is 0.682. The predicted molar refractivity (Wildman–Crippen MR) is 152 cm³/mol. The van der Waals surface area contributed by atoms with Crippen LogP contribution in [0.25, 0.3) is 11.1 Å². The standard InChI is InChI=1S/C26H24Cl2N4O4S2/c1-32-21(9-6-12-36-20-11-10-17(27)13-19(20)28)30-31-26(32)38-15-22(33)29-24-23(25(34)35-2)18(14-37-24)16-7-4-3-5-8-16/h3-5,7-8,10-11,13-14H,6,9,12,15H2,1-2H3,(H,29,33). The summed E-state index contributed by atoms with van der Waals surface area (Å²) >= 11 is 14.6. The van der Waals surface area contributed by atoms with Gasteiger partial charge in [0.15, 0.2) is 5.16 Å². The monoisotopic (exact) mass is 590 g/mol. The minimum atomic E-state index is -0.506. The van der Waals surface area contributed by atoms with E-state index in [-0.39, 0.29) is 11.7 Å². The van der Waals surface area contributed by atoms with Gasteiger partial charge in [-0.15, -0.1) is 21.5 Å². The number of anilines is 1. The number of carbonyl (C=O) groups is 2. The van der Waals surface area contributed by atoms with Crippen molar-refractivity contribution in [3.63, 3.8) is 0 Å². The zero-order valence-corrected chi connectivity index (χ0v) is 23.7. The number of rotatable bonds is 11. The van der Waals surface area contributed by atoms with Crippen molar-refractivity contribution in [2.45, 2.75) is 18.0 Å². The van der Waals surface area contributed by atoms with Crippen LogP contribution >= 0.6 is 46.3 Å². The van der Waals surface area contributed by atoms with Gasteiger partial charge in [0.25, 0.3) is 0 Å². The summed E-state index contributed by atoms with van der Waals surface area (Å²) in [5.41, 5.74) is 1.92. The number of carbonyl (C=O) groups excluding carboxylic acids is 2. The minimum absolute atomic E-state index is 0.101. The molecule has 4 rings (SSSR count). The quantitative estimate of drug-likeness (QED) is 0.123. The largest absolute Gasteiger partial charge is 0.492 e. The summed E-state index contributed by atoms with van der Waals surface area (Å²) in [6.45, 7) is 0.452. The molecule has 0 unspecified atom stereocenters. The molecule has 0 aliphatic carbocycles. The number of amides is 1. The topological polar surface area (TPSA) is 95.3 Å². The Balaban J connectivity index is 1.31. The highest BCUT2D eigenvalue weighted by atomic mass is 35.5. The molecule has 38 heavy (non-hydrogen) atoms. The number of aromatic nitrogens is 3. The first-order valence-corrected chi connectivity index (χ1v) is 14.1. The van der Waals surface area contributed by atoms with Gasteiger partial charge in [-0.25, -0.2) is 4.79 Å². The van der Waals surface area contributed by atoms with Crippen molar-refractivity contribution < 1.29 is 19.1 Å². The summed E-state index contributed by atoms with van der Waals surface area (Å²) in [4.78, 5) is 25.2. The molecule has 2 aromatic carbocycles. The molecule has 4 aromatic rings. The molecule has 0 bridgehead atoms. The Kier molecular flexibility index (Phi) is 9.68. The Bertz CT molecular complexity index is 1430. The second-order valence-electron chi connectivity index (χ2n) is 8.03. The number of thiophene rings is 1. The highest BCUT2D eigenvalue weighted by molar-refractivity contribution is 7.99. The number of methoxy groups -OCH3 is 1. The van der Waals surface area contributed by atoms with Gasteiger partial charge in [-0.2, -0.15) is 0 Å². The number of ether oxygens (including phenoxy) is 2. The van der Waals surface area contributed by atoms with Gasteiger partial charge in [-0.1, -0.05) is 65.3 Å². The number of nitrogens with zero attached hydrogens (tertiary/aromatic N) is 3. The van der Waals surface area contributed by atoms with E-state index in [0.29, 0.717) is 56.5 Å². The van der Waals surface area contributed by atoms with Crippen LogP contribution in [0.1, 0.15) is 22.6 Å². The molecule has 0 saturated carbocycles. The fourth-order valence-corrected chi connectivity index (χ4v) is 5.74. The summed E-state index contributed by atoms with van der Waals surface area (Å²) in [7, 11) is 3.17. The number of halogens is 2. The minimum Gasteiger partial charge on any atom is -0.492 e. The van der Waals surface area contributed by atoms with Gasteiger partial charge in [-0.3, -0.25) is 4.79 Å². The zero-order chi connectivity index (χ0) is 27.1. The summed E-state index contributed by atoms with van der Waals surface area (Å²) in [6, 6.07) is 14.6. The van der Waals surface area contributed by atoms with Crippen LogP contribution in [0, 0.1) is 0 Å². The van der Waals surface area contributed by atoms with Crippen LogP contribution in [-0.2, 0) is 23.0 Å². The molecule has 0 radical (unpaired) electrons. The Morgan fingerprint density at radius 2 is 1.92 bits per heavy atom. The van der Waals surface area contributed by atoms with Crippen LogP contribution in [-0.4, -0.2) is 46.1 Å². The van der Waals surface area contributed by atoms with E-state index in [9.17, 15) is 9.59 Å². The average Bonchev–Trinajstić information content (AvgIpc) is 3.49. The van der Waals surface area contributed by atoms with Crippen LogP contribution in [0.3, 0.4) is 0 Å². The third-order valence-electron chi connectivity index (χ3n) is 5.47. The molecule has 2 aromatic heterocycles. The van der Waals surface area contributed by atoms with Crippen molar-refractivity contribution in [1.29, 1.82) is 0 Å². The van der Waals surface area contributed by atoms with Crippen molar-refractivity contribution in [1.82, 2.24) is 14.8 Å². The van der Waals surface area contributed by atoms with E-state index in [1.807, 2.05) is 47.3 Å². The Morgan fingerprint density at radius 3 is 2.66 bits per heavy atom. The van der Waals surface area contributed by atoms with Gasteiger partial charge in [0.2, 0.25) is 5.91 Å². The van der Waals surface area contributed by atoms with Crippen LogP contribution in [0.15, 0.2) is 59.1 Å². The summed E-state index contributed by atoms with van der Waals surface area (Å²) in [5, 5.41) is 15.2. The molecule has 1 amide bonds. The number of aryl methyl sites for hydroxylation is 1. The molecule has 12 heteroatoms. The van der Waals surface area contributed by atoms with E-state index in [1.54, 1.807) is 18.2 Å². The maximum atomic E-state index is 12.7. The van der Waals surface area contributed by atoms with Crippen molar-refractivity contribution in [2.75, 3.05) is 24.8 Å². The van der Waals surface area contributed by atoms with Gasteiger partial charge in [-0.05, 0) is 30.2 Å². The van der Waals surface area contributed by atoms with E-state index < -0.39 is 5.97 Å². The van der Waals surface area contributed by atoms with Crippen LogP contribution in [0.5, 0.6) is 5.75 Å². The Labute approximate surface area is 238 Å². The van der Waals surface area contributed by atoms with E-state index in [1.165, 1.54) is 30.2 Å². The summed E-state index contributed by atoms with van der Waals surface area (Å²) in [6.07, 6.45) is 1.34. The average molecular weight is 592 g/mol. The van der Waals surface area contributed by atoms with Gasteiger partial charge in [0.1, 0.15) is 22.1 Å². The SMILES string of the molecule is COC(=O)c1c(-c2ccccc2)csc1NC(=O)CSc1nnc(CCCOc2ccc(Cl)cc2Cl)n1C. The molecular formula is C26H24Cl2N4O4S2. The van der Waals surface area contributed by atoms with Crippen LogP contribution in [0.4, 0.5) is 5.00 Å². The fraction of sp³-hybridized carbons (Fsp3) is 0.231. The third kappa shape index (κ3) is 6.87. The lowest BCUT2D eigenvalue weighted by Gasteiger charge is -2.09. The van der Waals surface area contributed by atoms with Crippen molar-refractivity contribution in [3.8, 4) is 16.9 Å². The number of esters is 1. The molecular weight excluding hydrogens is 567 g/mol. The fourth-order valence-electron chi connectivity index (χ4n) is 3.57. The molecule has 0 fully saturated rings. The second-order valence-corrected chi connectivity index (χ2v) is 10.7. The normalized spacial score (nSPS) is 10.8. The number of nitrogens with one attached hydrogen (secondary N) is 1. The van der Waals surface area contributed by atoms with Crippen LogP contribution in [0.2, 0.25) is 10.0 Å².